The van der Waals surface area contributed by atoms with Crippen LogP contribution in [0.15, 0.2) is 72.8 Å². The molecule has 2 atom stereocenters. The number of rotatable bonds is 3. The summed E-state index contributed by atoms with van der Waals surface area (Å²) >= 11 is 0. The molecular weight excluding hydrogens is 362 g/mol. The third-order valence-corrected chi connectivity index (χ3v) is 4.85. The minimum atomic E-state index is -0.433. The van der Waals surface area contributed by atoms with Crippen molar-refractivity contribution in [1.82, 2.24) is 5.32 Å². The van der Waals surface area contributed by atoms with Crippen LogP contribution in [0.25, 0.3) is 0 Å². The lowest BCUT2D eigenvalue weighted by molar-refractivity contribution is 0.132. The van der Waals surface area contributed by atoms with Crippen molar-refractivity contribution < 1.29 is 14.3 Å². The van der Waals surface area contributed by atoms with Crippen LogP contribution in [0, 0.1) is 18.8 Å². The molecular formula is C25H21NO3. The molecule has 1 saturated heterocycles. The first kappa shape index (κ1) is 18.6. The van der Waals surface area contributed by atoms with Crippen molar-refractivity contribution in [3.8, 4) is 17.6 Å². The number of hydrogen-bond donors (Lipinski definition) is 1. The van der Waals surface area contributed by atoms with E-state index in [-0.39, 0.29) is 6.04 Å². The van der Waals surface area contributed by atoms with Gasteiger partial charge >= 0.3 is 6.09 Å². The first-order valence-corrected chi connectivity index (χ1v) is 9.42. The standard InChI is InChI=1S/C25H21NO3/c1-17-6-3-7-18(14-17)12-13-19-8-4-9-20(15-19)23-24(29-25(27)26-23)21-10-5-11-22(16-21)28-2/h3-11,14-16,23-24H,1-2H3,(H,26,27)/t23-,24-/m1/s1. The molecule has 144 valence electrons. The Labute approximate surface area is 170 Å². The topological polar surface area (TPSA) is 47.6 Å². The summed E-state index contributed by atoms with van der Waals surface area (Å²) in [4.78, 5) is 12.0. The fraction of sp³-hybridized carbons (Fsp3) is 0.160. The van der Waals surface area contributed by atoms with Crippen molar-refractivity contribution in [2.75, 3.05) is 7.11 Å². The lowest BCUT2D eigenvalue weighted by Gasteiger charge is -2.18. The lowest BCUT2D eigenvalue weighted by atomic mass is 9.95. The number of amides is 1. The predicted molar refractivity (Wildman–Crippen MR) is 112 cm³/mol. The zero-order valence-electron chi connectivity index (χ0n) is 16.3. The molecule has 0 radical (unpaired) electrons. The highest BCUT2D eigenvalue weighted by atomic mass is 16.6. The molecule has 0 bridgehead atoms. The minimum absolute atomic E-state index is 0.296. The number of benzene rings is 3. The van der Waals surface area contributed by atoms with Crippen LogP contribution in [-0.2, 0) is 4.74 Å². The molecule has 1 fully saturated rings. The highest BCUT2D eigenvalue weighted by Gasteiger charge is 2.36. The minimum Gasteiger partial charge on any atom is -0.497 e. The average Bonchev–Trinajstić information content (AvgIpc) is 3.14. The number of cyclic esters (lactones) is 1. The zero-order valence-corrected chi connectivity index (χ0v) is 16.3. The maximum absolute atomic E-state index is 12.0. The smallest absolute Gasteiger partial charge is 0.408 e. The van der Waals surface area contributed by atoms with Gasteiger partial charge in [0.1, 0.15) is 5.75 Å². The second-order valence-corrected chi connectivity index (χ2v) is 6.97. The Morgan fingerprint density at radius 2 is 1.59 bits per heavy atom. The molecule has 1 aliphatic rings. The van der Waals surface area contributed by atoms with Crippen molar-refractivity contribution in [3.63, 3.8) is 0 Å². The molecule has 1 aliphatic heterocycles. The average molecular weight is 383 g/mol. The Morgan fingerprint density at radius 3 is 2.34 bits per heavy atom. The Hall–Kier alpha value is -3.71. The SMILES string of the molecule is COc1cccc([C@H]2OC(=O)N[C@@H]2c2cccc(C#Cc3cccc(C)c3)c2)c1. The van der Waals surface area contributed by atoms with Crippen LogP contribution in [0.4, 0.5) is 4.79 Å². The lowest BCUT2D eigenvalue weighted by Crippen LogP contribution is -2.19. The number of ether oxygens (including phenoxy) is 2. The highest BCUT2D eigenvalue weighted by Crippen LogP contribution is 2.37. The van der Waals surface area contributed by atoms with Gasteiger partial charge in [-0.3, -0.25) is 0 Å². The second kappa shape index (κ2) is 8.12. The van der Waals surface area contributed by atoms with E-state index in [9.17, 15) is 4.79 Å². The first-order chi connectivity index (χ1) is 14.1. The number of alkyl carbamates (subject to hydrolysis) is 1. The van der Waals surface area contributed by atoms with Gasteiger partial charge in [-0.1, -0.05) is 48.2 Å². The summed E-state index contributed by atoms with van der Waals surface area (Å²) in [6.07, 6.45) is -0.864. The summed E-state index contributed by atoms with van der Waals surface area (Å²) < 4.78 is 10.9. The van der Waals surface area contributed by atoms with E-state index in [1.807, 2.05) is 73.7 Å². The molecule has 1 N–H and O–H groups in total. The van der Waals surface area contributed by atoms with Gasteiger partial charge in [-0.15, -0.1) is 0 Å². The number of aryl methyl sites for hydroxylation is 1. The van der Waals surface area contributed by atoms with Crippen LogP contribution in [-0.4, -0.2) is 13.2 Å². The maximum atomic E-state index is 12.0. The van der Waals surface area contributed by atoms with Crippen LogP contribution in [0.1, 0.15) is 40.0 Å². The Bertz CT molecular complexity index is 1110. The van der Waals surface area contributed by atoms with Gasteiger partial charge in [-0.2, -0.15) is 0 Å². The maximum Gasteiger partial charge on any atom is 0.408 e. The van der Waals surface area contributed by atoms with E-state index in [0.29, 0.717) is 0 Å². The number of carbonyl (C=O) groups is 1. The normalized spacial score (nSPS) is 17.7. The molecule has 4 rings (SSSR count). The van der Waals surface area contributed by atoms with Gasteiger partial charge in [0.15, 0.2) is 6.10 Å². The summed E-state index contributed by atoms with van der Waals surface area (Å²) in [5.41, 5.74) is 4.86. The van der Waals surface area contributed by atoms with Crippen LogP contribution >= 0.6 is 0 Å². The van der Waals surface area contributed by atoms with E-state index >= 15 is 0 Å². The molecule has 4 nitrogen and oxygen atoms in total. The van der Waals surface area contributed by atoms with E-state index in [4.69, 9.17) is 9.47 Å². The molecule has 1 amide bonds. The highest BCUT2D eigenvalue weighted by molar-refractivity contribution is 5.71. The van der Waals surface area contributed by atoms with Gasteiger partial charge in [0.2, 0.25) is 0 Å². The molecule has 0 spiro atoms. The molecule has 4 heteroatoms. The van der Waals surface area contributed by atoms with Crippen molar-refractivity contribution in [1.29, 1.82) is 0 Å². The fourth-order valence-corrected chi connectivity index (χ4v) is 3.43. The summed E-state index contributed by atoms with van der Waals surface area (Å²) in [5, 5.41) is 2.91. The molecule has 0 saturated carbocycles. The van der Waals surface area contributed by atoms with E-state index in [1.165, 1.54) is 5.56 Å². The first-order valence-electron chi connectivity index (χ1n) is 9.42. The van der Waals surface area contributed by atoms with Crippen molar-refractivity contribution in [2.45, 2.75) is 19.1 Å². The van der Waals surface area contributed by atoms with Gasteiger partial charge in [0.05, 0.1) is 13.2 Å². The number of nitrogens with one attached hydrogen (secondary N) is 1. The van der Waals surface area contributed by atoms with Crippen molar-refractivity contribution in [2.24, 2.45) is 0 Å². The quantitative estimate of drug-likeness (QED) is 0.653. The third kappa shape index (κ3) is 4.25. The van der Waals surface area contributed by atoms with E-state index in [1.54, 1.807) is 7.11 Å². The number of methoxy groups -OCH3 is 1. The molecule has 3 aromatic carbocycles. The fourth-order valence-electron chi connectivity index (χ4n) is 3.43. The molecule has 29 heavy (non-hydrogen) atoms. The summed E-state index contributed by atoms with van der Waals surface area (Å²) in [6.45, 7) is 2.05. The van der Waals surface area contributed by atoms with Crippen LogP contribution in [0.2, 0.25) is 0 Å². The van der Waals surface area contributed by atoms with E-state index in [0.717, 1.165) is 28.0 Å². The Kier molecular flexibility index (Phi) is 5.22. The van der Waals surface area contributed by atoms with Gasteiger partial charge < -0.3 is 14.8 Å². The van der Waals surface area contributed by atoms with Crippen LogP contribution in [0.3, 0.4) is 0 Å². The van der Waals surface area contributed by atoms with Crippen molar-refractivity contribution in [3.05, 3.63) is 101 Å². The summed E-state index contributed by atoms with van der Waals surface area (Å²) in [6, 6.07) is 23.3. The molecule has 0 unspecified atom stereocenters. The van der Waals surface area contributed by atoms with Crippen LogP contribution in [0.5, 0.6) is 5.75 Å². The zero-order chi connectivity index (χ0) is 20.2. The monoisotopic (exact) mass is 383 g/mol. The van der Waals surface area contributed by atoms with Gasteiger partial charge in [-0.25, -0.2) is 4.79 Å². The van der Waals surface area contributed by atoms with Gasteiger partial charge in [0.25, 0.3) is 0 Å². The van der Waals surface area contributed by atoms with Gasteiger partial charge in [-0.05, 0) is 60.0 Å². The second-order valence-electron chi connectivity index (χ2n) is 6.97. The largest absolute Gasteiger partial charge is 0.497 e. The molecule has 1 heterocycles. The molecule has 0 aromatic heterocycles. The number of hydrogen-bond acceptors (Lipinski definition) is 3. The van der Waals surface area contributed by atoms with Gasteiger partial charge in [0, 0.05) is 11.1 Å². The van der Waals surface area contributed by atoms with E-state index < -0.39 is 12.2 Å². The Morgan fingerprint density at radius 1 is 0.897 bits per heavy atom. The van der Waals surface area contributed by atoms with E-state index in [2.05, 4.69) is 23.2 Å². The Balaban J connectivity index is 1.63. The summed E-state index contributed by atoms with van der Waals surface area (Å²) in [5.74, 6) is 7.14. The molecule has 0 aliphatic carbocycles. The van der Waals surface area contributed by atoms with Crippen LogP contribution < -0.4 is 10.1 Å². The predicted octanol–water partition coefficient (Wildman–Crippen LogP) is 4.93. The molecule has 3 aromatic rings. The summed E-state index contributed by atoms with van der Waals surface area (Å²) in [7, 11) is 1.62. The van der Waals surface area contributed by atoms with Crippen molar-refractivity contribution >= 4 is 6.09 Å². The number of carbonyl (C=O) groups excluding carboxylic acids is 1. The third-order valence-electron chi connectivity index (χ3n) is 4.85.